The number of ether oxygens (including phenoxy) is 1. The van der Waals surface area contributed by atoms with Crippen molar-refractivity contribution >= 4 is 34.8 Å². The number of hydrogen-bond donors (Lipinski definition) is 1. The molecular formula is C21H21N3O6. The Bertz CT molecular complexity index is 1020. The zero-order valence-electron chi connectivity index (χ0n) is 16.6. The van der Waals surface area contributed by atoms with Crippen molar-refractivity contribution in [2.45, 2.75) is 20.3 Å². The molecular weight excluding hydrogens is 390 g/mol. The molecule has 1 atom stereocenters. The highest BCUT2D eigenvalue weighted by atomic mass is 16.6. The minimum absolute atomic E-state index is 0.0125. The molecule has 156 valence electrons. The molecule has 9 nitrogen and oxygen atoms in total. The van der Waals surface area contributed by atoms with E-state index in [-0.39, 0.29) is 30.2 Å². The molecule has 1 aliphatic rings. The zero-order chi connectivity index (χ0) is 21.8. The number of nitrogens with one attached hydrogen (secondary N) is 1. The third kappa shape index (κ3) is 4.80. The van der Waals surface area contributed by atoms with Crippen molar-refractivity contribution in [3.63, 3.8) is 0 Å². The van der Waals surface area contributed by atoms with Crippen LogP contribution in [0, 0.1) is 29.9 Å². The molecule has 1 aliphatic heterocycles. The first-order valence-corrected chi connectivity index (χ1v) is 9.33. The van der Waals surface area contributed by atoms with Crippen molar-refractivity contribution in [1.29, 1.82) is 0 Å². The van der Waals surface area contributed by atoms with Crippen molar-refractivity contribution in [2.75, 3.05) is 23.4 Å². The minimum atomic E-state index is -0.663. The van der Waals surface area contributed by atoms with Crippen LogP contribution in [0.25, 0.3) is 0 Å². The van der Waals surface area contributed by atoms with Gasteiger partial charge in [-0.2, -0.15) is 0 Å². The normalized spacial score (nSPS) is 15.7. The fourth-order valence-electron chi connectivity index (χ4n) is 3.36. The number of aryl methyl sites for hydroxylation is 2. The average molecular weight is 411 g/mol. The van der Waals surface area contributed by atoms with Crippen LogP contribution in [0.2, 0.25) is 0 Å². The number of amides is 2. The van der Waals surface area contributed by atoms with Crippen LogP contribution in [0.4, 0.5) is 17.1 Å². The zero-order valence-corrected chi connectivity index (χ0v) is 16.6. The molecule has 0 aliphatic carbocycles. The van der Waals surface area contributed by atoms with E-state index in [1.165, 1.54) is 24.3 Å². The number of anilines is 2. The third-order valence-corrected chi connectivity index (χ3v) is 4.79. The maximum absolute atomic E-state index is 12.4. The molecule has 2 aromatic rings. The molecule has 3 rings (SSSR count). The van der Waals surface area contributed by atoms with Gasteiger partial charge in [-0.15, -0.1) is 0 Å². The molecule has 0 aromatic heterocycles. The summed E-state index contributed by atoms with van der Waals surface area (Å²) in [4.78, 5) is 48.5. The second kappa shape index (κ2) is 8.73. The van der Waals surface area contributed by atoms with Gasteiger partial charge in [0.1, 0.15) is 0 Å². The van der Waals surface area contributed by atoms with E-state index in [0.717, 1.165) is 16.8 Å². The quantitative estimate of drug-likeness (QED) is 0.443. The molecule has 0 unspecified atom stereocenters. The Kier molecular flexibility index (Phi) is 6.10. The summed E-state index contributed by atoms with van der Waals surface area (Å²) in [6.45, 7) is 3.50. The van der Waals surface area contributed by atoms with Gasteiger partial charge >= 0.3 is 5.97 Å². The lowest BCUT2D eigenvalue weighted by Gasteiger charge is -2.19. The molecule has 2 aromatic carbocycles. The molecule has 1 saturated heterocycles. The summed E-state index contributed by atoms with van der Waals surface area (Å²) >= 11 is 0. The maximum Gasteiger partial charge on any atom is 0.311 e. The summed E-state index contributed by atoms with van der Waals surface area (Å²) in [7, 11) is 0. The number of carbonyl (C=O) groups excluding carboxylic acids is 3. The van der Waals surface area contributed by atoms with Gasteiger partial charge in [0, 0.05) is 36.5 Å². The highest BCUT2D eigenvalue weighted by Crippen LogP contribution is 2.29. The predicted molar refractivity (Wildman–Crippen MR) is 109 cm³/mol. The Morgan fingerprint density at radius 2 is 2.00 bits per heavy atom. The fourth-order valence-corrected chi connectivity index (χ4v) is 3.36. The summed E-state index contributed by atoms with van der Waals surface area (Å²) in [5.41, 5.74) is 2.83. The lowest BCUT2D eigenvalue weighted by molar-refractivity contribution is -0.384. The molecule has 0 radical (unpaired) electrons. The number of non-ortho nitro benzene ring substituents is 1. The Morgan fingerprint density at radius 3 is 2.70 bits per heavy atom. The van der Waals surface area contributed by atoms with Gasteiger partial charge in [0.05, 0.1) is 10.8 Å². The van der Waals surface area contributed by atoms with Gasteiger partial charge in [-0.25, -0.2) is 0 Å². The number of carbonyl (C=O) groups is 3. The highest BCUT2D eigenvalue weighted by Gasteiger charge is 2.36. The Labute approximate surface area is 172 Å². The topological polar surface area (TPSA) is 119 Å². The van der Waals surface area contributed by atoms with E-state index in [0.29, 0.717) is 0 Å². The van der Waals surface area contributed by atoms with Crippen molar-refractivity contribution in [1.82, 2.24) is 0 Å². The van der Waals surface area contributed by atoms with Gasteiger partial charge in [-0.1, -0.05) is 23.8 Å². The Balaban J connectivity index is 1.55. The first-order valence-electron chi connectivity index (χ1n) is 9.33. The van der Waals surface area contributed by atoms with Crippen molar-refractivity contribution < 1.29 is 24.0 Å². The van der Waals surface area contributed by atoms with Gasteiger partial charge in [-0.3, -0.25) is 24.5 Å². The molecule has 9 heteroatoms. The standard InChI is InChI=1S/C21H21N3O6/c1-13-6-7-18(14(2)8-13)23-11-15(9-20(23)26)21(27)30-12-19(25)22-16-4-3-5-17(10-16)24(28)29/h3-8,10,15H,9,11-12H2,1-2H3,(H,22,25)/t15-/m1/s1. The van der Waals surface area contributed by atoms with E-state index in [1.807, 2.05) is 32.0 Å². The van der Waals surface area contributed by atoms with Crippen LogP contribution in [0.5, 0.6) is 0 Å². The van der Waals surface area contributed by atoms with Crippen LogP contribution in [-0.2, 0) is 19.1 Å². The Hall–Kier alpha value is -3.75. The molecule has 0 bridgehead atoms. The van der Waals surface area contributed by atoms with E-state index in [4.69, 9.17) is 4.74 Å². The van der Waals surface area contributed by atoms with Crippen LogP contribution < -0.4 is 10.2 Å². The average Bonchev–Trinajstić information content (AvgIpc) is 3.08. The van der Waals surface area contributed by atoms with Crippen molar-refractivity contribution in [3.05, 3.63) is 63.7 Å². The molecule has 0 saturated carbocycles. The Morgan fingerprint density at radius 1 is 1.23 bits per heavy atom. The SMILES string of the molecule is Cc1ccc(N2C[C@H](C(=O)OCC(=O)Nc3cccc([N+](=O)[O-])c3)CC2=O)c(C)c1. The molecule has 1 fully saturated rings. The smallest absolute Gasteiger partial charge is 0.311 e. The van der Waals surface area contributed by atoms with Gasteiger partial charge in [0.25, 0.3) is 11.6 Å². The van der Waals surface area contributed by atoms with Crippen LogP contribution in [0.15, 0.2) is 42.5 Å². The minimum Gasteiger partial charge on any atom is -0.455 e. The number of nitro benzene ring substituents is 1. The van der Waals surface area contributed by atoms with E-state index in [9.17, 15) is 24.5 Å². The number of rotatable bonds is 6. The monoisotopic (exact) mass is 411 g/mol. The summed E-state index contributed by atoms with van der Waals surface area (Å²) in [6.07, 6.45) is 0.0125. The van der Waals surface area contributed by atoms with Gasteiger partial charge in [0.15, 0.2) is 6.61 Å². The van der Waals surface area contributed by atoms with E-state index < -0.39 is 29.3 Å². The summed E-state index contributed by atoms with van der Waals surface area (Å²) in [5, 5.41) is 13.2. The first-order chi connectivity index (χ1) is 14.2. The lowest BCUT2D eigenvalue weighted by atomic mass is 10.1. The number of esters is 1. The second-order valence-corrected chi connectivity index (χ2v) is 7.16. The molecule has 2 amide bonds. The number of benzene rings is 2. The van der Waals surface area contributed by atoms with Crippen LogP contribution in [0.1, 0.15) is 17.5 Å². The largest absolute Gasteiger partial charge is 0.455 e. The van der Waals surface area contributed by atoms with Gasteiger partial charge in [-0.05, 0) is 31.5 Å². The second-order valence-electron chi connectivity index (χ2n) is 7.16. The molecule has 0 spiro atoms. The number of nitro groups is 1. The number of hydrogen-bond acceptors (Lipinski definition) is 6. The summed E-state index contributed by atoms with van der Waals surface area (Å²) in [6, 6.07) is 11.1. The van der Waals surface area contributed by atoms with E-state index in [1.54, 1.807) is 4.90 Å². The van der Waals surface area contributed by atoms with Gasteiger partial charge in [0.2, 0.25) is 5.91 Å². The maximum atomic E-state index is 12.4. The summed E-state index contributed by atoms with van der Waals surface area (Å²) < 4.78 is 5.06. The molecule has 1 N–H and O–H groups in total. The van der Waals surface area contributed by atoms with Crippen molar-refractivity contribution in [3.8, 4) is 0 Å². The fraction of sp³-hybridized carbons (Fsp3) is 0.286. The van der Waals surface area contributed by atoms with E-state index in [2.05, 4.69) is 5.32 Å². The first kappa shape index (κ1) is 21.0. The molecule has 1 heterocycles. The van der Waals surface area contributed by atoms with Gasteiger partial charge < -0.3 is 15.0 Å². The lowest BCUT2D eigenvalue weighted by Crippen LogP contribution is -2.28. The molecule has 30 heavy (non-hydrogen) atoms. The van der Waals surface area contributed by atoms with Crippen LogP contribution in [-0.4, -0.2) is 35.9 Å². The highest BCUT2D eigenvalue weighted by molar-refractivity contribution is 6.00. The predicted octanol–water partition coefficient (Wildman–Crippen LogP) is 2.75. The van der Waals surface area contributed by atoms with Crippen LogP contribution >= 0.6 is 0 Å². The van der Waals surface area contributed by atoms with Crippen LogP contribution in [0.3, 0.4) is 0 Å². The number of nitrogens with zero attached hydrogens (tertiary/aromatic N) is 2. The summed E-state index contributed by atoms with van der Waals surface area (Å²) in [5.74, 6) is -2.10. The van der Waals surface area contributed by atoms with Crippen molar-refractivity contribution in [2.24, 2.45) is 5.92 Å². The third-order valence-electron chi connectivity index (χ3n) is 4.79. The van der Waals surface area contributed by atoms with E-state index >= 15 is 0 Å².